The molecule has 2 aromatic carbocycles. The maximum atomic E-state index is 12.2. The zero-order valence-corrected chi connectivity index (χ0v) is 16.4. The molecule has 0 saturated carbocycles. The molecule has 8 nitrogen and oxygen atoms in total. The molecule has 1 aromatic heterocycles. The van der Waals surface area contributed by atoms with Gasteiger partial charge in [0.1, 0.15) is 0 Å². The van der Waals surface area contributed by atoms with Gasteiger partial charge in [-0.2, -0.15) is 5.10 Å². The van der Waals surface area contributed by atoms with E-state index in [1.54, 1.807) is 24.3 Å². The average Bonchev–Trinajstić information content (AvgIpc) is 2.75. The molecule has 1 heterocycles. The van der Waals surface area contributed by atoms with E-state index in [1.807, 2.05) is 30.3 Å². The summed E-state index contributed by atoms with van der Waals surface area (Å²) in [6.45, 7) is 0.880. The van der Waals surface area contributed by atoms with E-state index in [1.165, 1.54) is 6.92 Å². The van der Waals surface area contributed by atoms with Gasteiger partial charge >= 0.3 is 5.97 Å². The minimum atomic E-state index is -0.705. The Balaban J connectivity index is 1.56. The molecule has 0 unspecified atom stereocenters. The number of hydrogen-bond acceptors (Lipinski definition) is 6. The van der Waals surface area contributed by atoms with E-state index in [4.69, 9.17) is 4.74 Å². The van der Waals surface area contributed by atoms with Crippen LogP contribution in [0.2, 0.25) is 0 Å². The molecular weight excluding hydrogens is 386 g/mol. The van der Waals surface area contributed by atoms with Gasteiger partial charge in [-0.05, 0) is 25.0 Å². The SMILES string of the molecule is CC(=O)[C@H](Cc1ccccc1)NC(=O)COC(=O)Cc1n[nH]c(=O)c2ccccc12. The lowest BCUT2D eigenvalue weighted by molar-refractivity contribution is -0.148. The number of hydrogen-bond donors (Lipinski definition) is 2. The summed E-state index contributed by atoms with van der Waals surface area (Å²) in [5.74, 6) is -1.43. The Labute approximate surface area is 172 Å². The van der Waals surface area contributed by atoms with Crippen LogP contribution in [0.1, 0.15) is 18.2 Å². The predicted octanol–water partition coefficient (Wildman–Crippen LogP) is 1.33. The van der Waals surface area contributed by atoms with Crippen LogP contribution < -0.4 is 10.9 Å². The number of fused-ring (bicyclic) bond motifs is 1. The number of aromatic nitrogens is 2. The maximum absolute atomic E-state index is 12.2. The zero-order chi connectivity index (χ0) is 21.5. The Bertz CT molecular complexity index is 1120. The standard InChI is InChI=1S/C22H21N3O5/c1-14(26)18(11-15-7-3-2-4-8-15)23-20(27)13-30-21(28)12-19-16-9-5-6-10-17(16)22(29)25-24-19/h2-10,18H,11-13H2,1H3,(H,23,27)(H,25,29)/t18-/m0/s1. The Morgan fingerprint density at radius 2 is 1.70 bits per heavy atom. The van der Waals surface area contributed by atoms with Crippen molar-refractivity contribution in [1.82, 2.24) is 15.5 Å². The van der Waals surface area contributed by atoms with E-state index < -0.39 is 24.5 Å². The van der Waals surface area contributed by atoms with Gasteiger partial charge < -0.3 is 10.1 Å². The molecule has 0 aliphatic heterocycles. The molecule has 0 fully saturated rings. The number of Topliss-reactive ketones (excluding diaryl/α,β-unsaturated/α-hetero) is 1. The fourth-order valence-corrected chi connectivity index (χ4v) is 3.02. The van der Waals surface area contributed by atoms with Crippen molar-refractivity contribution in [1.29, 1.82) is 0 Å². The smallest absolute Gasteiger partial charge is 0.312 e. The number of H-pyrrole nitrogens is 1. The van der Waals surface area contributed by atoms with Gasteiger partial charge in [-0.15, -0.1) is 0 Å². The highest BCUT2D eigenvalue weighted by Gasteiger charge is 2.19. The van der Waals surface area contributed by atoms with E-state index in [0.29, 0.717) is 22.9 Å². The van der Waals surface area contributed by atoms with Crippen LogP contribution in [0.3, 0.4) is 0 Å². The molecular formula is C22H21N3O5. The van der Waals surface area contributed by atoms with Crippen LogP contribution in [0, 0.1) is 0 Å². The van der Waals surface area contributed by atoms with Gasteiger partial charge in [0, 0.05) is 5.39 Å². The number of nitrogens with one attached hydrogen (secondary N) is 2. The summed E-state index contributed by atoms with van der Waals surface area (Å²) in [6.07, 6.45) is 0.147. The number of nitrogens with zero attached hydrogens (tertiary/aromatic N) is 1. The number of esters is 1. The third-order valence-electron chi connectivity index (χ3n) is 4.56. The first-order valence-electron chi connectivity index (χ1n) is 9.39. The van der Waals surface area contributed by atoms with Crippen LogP contribution in [0.5, 0.6) is 0 Å². The molecule has 0 aliphatic rings. The molecule has 2 N–H and O–H groups in total. The average molecular weight is 407 g/mol. The normalized spacial score (nSPS) is 11.6. The number of carbonyl (C=O) groups is 3. The molecule has 154 valence electrons. The highest BCUT2D eigenvalue weighted by molar-refractivity contribution is 5.90. The van der Waals surface area contributed by atoms with Crippen molar-refractivity contribution in [3.8, 4) is 0 Å². The second-order valence-electron chi connectivity index (χ2n) is 6.80. The van der Waals surface area contributed by atoms with Gasteiger partial charge in [0.25, 0.3) is 11.5 Å². The minimum absolute atomic E-state index is 0.192. The molecule has 0 saturated heterocycles. The van der Waals surface area contributed by atoms with Gasteiger partial charge in [0.05, 0.1) is 23.5 Å². The minimum Gasteiger partial charge on any atom is -0.455 e. The molecule has 30 heavy (non-hydrogen) atoms. The first-order valence-corrected chi connectivity index (χ1v) is 9.39. The second kappa shape index (κ2) is 9.60. The van der Waals surface area contributed by atoms with Crippen molar-refractivity contribution in [3.63, 3.8) is 0 Å². The molecule has 0 aliphatic carbocycles. The van der Waals surface area contributed by atoms with Crippen molar-refractivity contribution in [2.24, 2.45) is 0 Å². The van der Waals surface area contributed by atoms with Crippen LogP contribution in [0.15, 0.2) is 59.4 Å². The Morgan fingerprint density at radius 1 is 1.03 bits per heavy atom. The third kappa shape index (κ3) is 5.38. The Morgan fingerprint density at radius 3 is 2.40 bits per heavy atom. The van der Waals surface area contributed by atoms with Crippen molar-refractivity contribution >= 4 is 28.4 Å². The lowest BCUT2D eigenvalue weighted by atomic mass is 10.0. The van der Waals surface area contributed by atoms with Crippen LogP contribution in [-0.2, 0) is 32.0 Å². The predicted molar refractivity (Wildman–Crippen MR) is 110 cm³/mol. The number of amides is 1. The van der Waals surface area contributed by atoms with Crippen LogP contribution >= 0.6 is 0 Å². The summed E-state index contributed by atoms with van der Waals surface area (Å²) in [6, 6.07) is 15.4. The number of benzene rings is 2. The van der Waals surface area contributed by atoms with E-state index in [0.717, 1.165) is 5.56 Å². The zero-order valence-electron chi connectivity index (χ0n) is 16.4. The van der Waals surface area contributed by atoms with Gasteiger partial charge in [-0.1, -0.05) is 48.5 Å². The molecule has 3 aromatic rings. The number of ether oxygens (including phenoxy) is 1. The van der Waals surface area contributed by atoms with Crippen molar-refractivity contribution in [2.75, 3.05) is 6.61 Å². The van der Waals surface area contributed by atoms with E-state index >= 15 is 0 Å². The lowest BCUT2D eigenvalue weighted by Gasteiger charge is -2.16. The number of ketones is 1. The monoisotopic (exact) mass is 407 g/mol. The summed E-state index contributed by atoms with van der Waals surface area (Å²) >= 11 is 0. The third-order valence-corrected chi connectivity index (χ3v) is 4.56. The molecule has 0 bridgehead atoms. The first-order chi connectivity index (χ1) is 14.4. The van der Waals surface area contributed by atoms with Crippen LogP contribution in [0.25, 0.3) is 10.8 Å². The quantitative estimate of drug-likeness (QED) is 0.544. The first kappa shape index (κ1) is 20.9. The summed E-state index contributed by atoms with van der Waals surface area (Å²) in [5, 5.41) is 9.80. The summed E-state index contributed by atoms with van der Waals surface area (Å²) < 4.78 is 5.02. The largest absolute Gasteiger partial charge is 0.455 e. The molecule has 1 atom stereocenters. The summed E-state index contributed by atoms with van der Waals surface area (Å²) in [7, 11) is 0. The molecule has 0 spiro atoms. The second-order valence-corrected chi connectivity index (χ2v) is 6.80. The van der Waals surface area contributed by atoms with Gasteiger partial charge in [-0.3, -0.25) is 19.2 Å². The number of carbonyl (C=O) groups excluding carboxylic acids is 3. The van der Waals surface area contributed by atoms with Crippen LogP contribution in [0.4, 0.5) is 0 Å². The van der Waals surface area contributed by atoms with Crippen molar-refractivity contribution in [3.05, 3.63) is 76.2 Å². The van der Waals surface area contributed by atoms with Gasteiger partial charge in [-0.25, -0.2) is 5.10 Å². The highest BCUT2D eigenvalue weighted by Crippen LogP contribution is 2.13. The fraction of sp³-hybridized carbons (Fsp3) is 0.227. The molecule has 0 radical (unpaired) electrons. The Hall–Kier alpha value is -3.81. The molecule has 8 heteroatoms. The fourth-order valence-electron chi connectivity index (χ4n) is 3.02. The topological polar surface area (TPSA) is 118 Å². The molecule has 1 amide bonds. The highest BCUT2D eigenvalue weighted by atomic mass is 16.5. The lowest BCUT2D eigenvalue weighted by Crippen LogP contribution is -2.43. The molecule has 3 rings (SSSR count). The van der Waals surface area contributed by atoms with Gasteiger partial charge in [0.2, 0.25) is 0 Å². The van der Waals surface area contributed by atoms with E-state index in [-0.39, 0.29) is 17.8 Å². The maximum Gasteiger partial charge on any atom is 0.312 e. The van der Waals surface area contributed by atoms with Crippen molar-refractivity contribution < 1.29 is 19.1 Å². The Kier molecular flexibility index (Phi) is 6.69. The van der Waals surface area contributed by atoms with Gasteiger partial charge in [0.15, 0.2) is 12.4 Å². The van der Waals surface area contributed by atoms with E-state index in [2.05, 4.69) is 15.5 Å². The number of aromatic amines is 1. The van der Waals surface area contributed by atoms with Crippen LogP contribution in [-0.4, -0.2) is 40.5 Å². The summed E-state index contributed by atoms with van der Waals surface area (Å²) in [4.78, 5) is 48.0. The summed E-state index contributed by atoms with van der Waals surface area (Å²) in [5.41, 5.74) is 0.906. The van der Waals surface area contributed by atoms with E-state index in [9.17, 15) is 19.2 Å². The number of rotatable bonds is 8. The van der Waals surface area contributed by atoms with Crippen molar-refractivity contribution in [2.45, 2.75) is 25.8 Å².